The van der Waals surface area contributed by atoms with Crippen molar-refractivity contribution in [3.8, 4) is 5.82 Å². The molecule has 1 fully saturated rings. The number of imidazole rings is 1. The van der Waals surface area contributed by atoms with Crippen LogP contribution in [0.2, 0.25) is 0 Å². The van der Waals surface area contributed by atoms with E-state index in [0.717, 1.165) is 30.0 Å². The summed E-state index contributed by atoms with van der Waals surface area (Å²) in [7, 11) is 2.10. The molecular weight excluding hydrogens is 352 g/mol. The zero-order chi connectivity index (χ0) is 19.3. The van der Waals surface area contributed by atoms with Crippen LogP contribution in [0.5, 0.6) is 0 Å². The molecule has 7 heteroatoms. The maximum absolute atomic E-state index is 13.0. The van der Waals surface area contributed by atoms with Gasteiger partial charge in [-0.05, 0) is 18.7 Å². The van der Waals surface area contributed by atoms with Crippen molar-refractivity contribution in [2.45, 2.75) is 12.6 Å². The molecule has 1 saturated heterocycles. The highest BCUT2D eigenvalue weighted by atomic mass is 16.2. The van der Waals surface area contributed by atoms with Gasteiger partial charge in [0.1, 0.15) is 12.1 Å². The summed E-state index contributed by atoms with van der Waals surface area (Å²) < 4.78 is 1.85. The molecule has 0 bridgehead atoms. The third-order valence-corrected chi connectivity index (χ3v) is 5.08. The monoisotopic (exact) mass is 376 g/mol. The summed E-state index contributed by atoms with van der Waals surface area (Å²) in [5.74, 6) is 0.776. The van der Waals surface area contributed by atoms with Gasteiger partial charge in [-0.25, -0.2) is 14.8 Å². The van der Waals surface area contributed by atoms with Crippen molar-refractivity contribution in [2.24, 2.45) is 0 Å². The molecule has 3 aromatic rings. The van der Waals surface area contributed by atoms with Gasteiger partial charge < -0.3 is 15.1 Å². The molecule has 1 atom stereocenters. The second-order valence-electron chi connectivity index (χ2n) is 7.00. The van der Waals surface area contributed by atoms with Crippen LogP contribution in [0.25, 0.3) is 5.82 Å². The third kappa shape index (κ3) is 3.89. The first-order chi connectivity index (χ1) is 13.7. The lowest BCUT2D eigenvalue weighted by Crippen LogP contribution is -2.52. The molecule has 2 aromatic heterocycles. The van der Waals surface area contributed by atoms with E-state index in [1.165, 1.54) is 0 Å². The fourth-order valence-electron chi connectivity index (χ4n) is 3.58. The number of urea groups is 1. The number of pyridine rings is 1. The Bertz CT molecular complexity index is 912. The highest BCUT2D eigenvalue weighted by molar-refractivity contribution is 5.75. The molecule has 1 aliphatic heterocycles. The predicted molar refractivity (Wildman–Crippen MR) is 107 cm³/mol. The predicted octanol–water partition coefficient (Wildman–Crippen LogP) is 2.47. The van der Waals surface area contributed by atoms with Gasteiger partial charge in [0.15, 0.2) is 0 Å². The quantitative estimate of drug-likeness (QED) is 0.760. The van der Waals surface area contributed by atoms with Crippen molar-refractivity contribution >= 4 is 6.03 Å². The van der Waals surface area contributed by atoms with Gasteiger partial charge in [0.2, 0.25) is 0 Å². The maximum atomic E-state index is 13.0. The zero-order valence-electron chi connectivity index (χ0n) is 15.9. The van der Waals surface area contributed by atoms with Gasteiger partial charge >= 0.3 is 6.03 Å². The Labute approximate surface area is 164 Å². The van der Waals surface area contributed by atoms with Crippen molar-refractivity contribution in [3.05, 3.63) is 78.5 Å². The fraction of sp³-hybridized carbons (Fsp3) is 0.286. The number of hydrogen-bond donors (Lipinski definition) is 1. The number of aromatic nitrogens is 3. The molecule has 1 unspecified atom stereocenters. The first-order valence-corrected chi connectivity index (χ1v) is 9.42. The molecule has 0 saturated carbocycles. The van der Waals surface area contributed by atoms with Crippen molar-refractivity contribution in [2.75, 3.05) is 26.7 Å². The fourth-order valence-corrected chi connectivity index (χ4v) is 3.58. The lowest BCUT2D eigenvalue weighted by atomic mass is 10.0. The van der Waals surface area contributed by atoms with E-state index in [-0.39, 0.29) is 12.1 Å². The summed E-state index contributed by atoms with van der Waals surface area (Å²) in [5, 5.41) is 3.08. The van der Waals surface area contributed by atoms with Gasteiger partial charge in [0.25, 0.3) is 0 Å². The lowest BCUT2D eigenvalue weighted by Gasteiger charge is -2.40. The average molecular weight is 376 g/mol. The Morgan fingerprint density at radius 2 is 2.00 bits per heavy atom. The Hall–Kier alpha value is -3.19. The van der Waals surface area contributed by atoms with E-state index in [0.29, 0.717) is 13.1 Å². The van der Waals surface area contributed by atoms with Crippen LogP contribution < -0.4 is 5.32 Å². The zero-order valence-corrected chi connectivity index (χ0v) is 15.9. The number of nitrogens with one attached hydrogen (secondary N) is 1. The topological polar surface area (TPSA) is 66.3 Å². The first kappa shape index (κ1) is 18.2. The molecule has 1 aromatic carbocycles. The third-order valence-electron chi connectivity index (χ3n) is 5.08. The van der Waals surface area contributed by atoms with E-state index in [2.05, 4.69) is 39.4 Å². The molecule has 0 aliphatic carbocycles. The van der Waals surface area contributed by atoms with Crippen LogP contribution in [-0.4, -0.2) is 57.0 Å². The Kier molecular flexibility index (Phi) is 5.34. The molecule has 3 heterocycles. The summed E-state index contributed by atoms with van der Waals surface area (Å²) in [4.78, 5) is 25.7. The normalized spacial score (nSPS) is 17.5. The van der Waals surface area contributed by atoms with Crippen molar-refractivity contribution < 1.29 is 4.79 Å². The SMILES string of the molecule is CN1CCN(C(=O)NCc2cccnc2-n2ccnc2)C(c2ccccc2)C1. The summed E-state index contributed by atoms with van der Waals surface area (Å²) in [6.45, 7) is 2.80. The second-order valence-corrected chi connectivity index (χ2v) is 7.00. The van der Waals surface area contributed by atoms with Gasteiger partial charge in [-0.2, -0.15) is 0 Å². The van der Waals surface area contributed by atoms with Crippen LogP contribution >= 0.6 is 0 Å². The van der Waals surface area contributed by atoms with Crippen molar-refractivity contribution in [3.63, 3.8) is 0 Å². The van der Waals surface area contributed by atoms with Gasteiger partial charge in [-0.15, -0.1) is 0 Å². The van der Waals surface area contributed by atoms with Crippen LogP contribution in [0.15, 0.2) is 67.4 Å². The van der Waals surface area contributed by atoms with E-state index in [9.17, 15) is 4.79 Å². The molecule has 0 radical (unpaired) electrons. The van der Waals surface area contributed by atoms with Crippen LogP contribution in [0.1, 0.15) is 17.2 Å². The van der Waals surface area contributed by atoms with Gasteiger partial charge in [-0.1, -0.05) is 36.4 Å². The second kappa shape index (κ2) is 8.22. The van der Waals surface area contributed by atoms with Gasteiger partial charge in [0, 0.05) is 50.3 Å². The Morgan fingerprint density at radius 1 is 1.14 bits per heavy atom. The molecule has 4 rings (SSSR count). The summed E-state index contributed by atoms with van der Waals surface area (Å²) in [6.07, 6.45) is 7.01. The molecule has 1 N–H and O–H groups in total. The molecule has 2 amide bonds. The number of nitrogens with zero attached hydrogens (tertiary/aromatic N) is 5. The highest BCUT2D eigenvalue weighted by Crippen LogP contribution is 2.25. The minimum atomic E-state index is -0.0533. The van der Waals surface area contributed by atoms with Crippen molar-refractivity contribution in [1.29, 1.82) is 0 Å². The number of benzene rings is 1. The summed E-state index contributed by atoms with van der Waals surface area (Å²) in [6, 6.07) is 14.1. The molecule has 28 heavy (non-hydrogen) atoms. The van der Waals surface area contributed by atoms with E-state index >= 15 is 0 Å². The molecular formula is C21H24N6O. The highest BCUT2D eigenvalue weighted by Gasteiger charge is 2.30. The van der Waals surface area contributed by atoms with Crippen LogP contribution in [0, 0.1) is 0 Å². The standard InChI is InChI=1S/C21H24N6O/c1-25-12-13-27(19(15-25)17-6-3-2-4-7-17)21(28)24-14-18-8-5-9-23-20(18)26-11-10-22-16-26/h2-11,16,19H,12-15H2,1H3,(H,24,28). The van der Waals surface area contributed by atoms with Gasteiger partial charge in [-0.3, -0.25) is 4.57 Å². The largest absolute Gasteiger partial charge is 0.334 e. The average Bonchev–Trinajstić information content (AvgIpc) is 3.27. The number of rotatable bonds is 4. The molecule has 1 aliphatic rings. The van der Waals surface area contributed by atoms with Crippen molar-refractivity contribution in [1.82, 2.24) is 29.7 Å². The minimum Gasteiger partial charge on any atom is -0.334 e. The Balaban J connectivity index is 1.49. The molecule has 0 spiro atoms. The van der Waals surface area contributed by atoms with E-state index in [1.54, 1.807) is 18.7 Å². The van der Waals surface area contributed by atoms with Crippen LogP contribution in [-0.2, 0) is 6.54 Å². The summed E-state index contributed by atoms with van der Waals surface area (Å²) >= 11 is 0. The van der Waals surface area contributed by atoms with E-state index in [1.807, 2.05) is 46.0 Å². The number of likely N-dealkylation sites (N-methyl/N-ethyl adjacent to an activating group) is 1. The number of carbonyl (C=O) groups is 1. The number of hydrogen-bond acceptors (Lipinski definition) is 4. The maximum Gasteiger partial charge on any atom is 0.318 e. The molecule has 144 valence electrons. The van der Waals surface area contributed by atoms with E-state index in [4.69, 9.17) is 0 Å². The Morgan fingerprint density at radius 3 is 2.79 bits per heavy atom. The number of amides is 2. The smallest absolute Gasteiger partial charge is 0.318 e. The number of carbonyl (C=O) groups excluding carboxylic acids is 1. The molecule has 7 nitrogen and oxygen atoms in total. The van der Waals surface area contributed by atoms with E-state index < -0.39 is 0 Å². The lowest BCUT2D eigenvalue weighted by molar-refractivity contribution is 0.108. The number of piperazine rings is 1. The minimum absolute atomic E-state index is 0.0435. The first-order valence-electron chi connectivity index (χ1n) is 9.42. The van der Waals surface area contributed by atoms with Gasteiger partial charge in [0.05, 0.1) is 6.04 Å². The van der Waals surface area contributed by atoms with Crippen LogP contribution in [0.4, 0.5) is 4.79 Å². The summed E-state index contributed by atoms with van der Waals surface area (Å²) in [5.41, 5.74) is 2.10. The van der Waals surface area contributed by atoms with Crippen LogP contribution in [0.3, 0.4) is 0 Å².